The van der Waals surface area contributed by atoms with Crippen molar-refractivity contribution >= 4 is 19.8 Å². The third-order valence-electron chi connectivity index (χ3n) is 16.7. The number of carbonyl (C=O) groups is 2. The average Bonchev–Trinajstić information content (AvgIpc) is 1.23. The van der Waals surface area contributed by atoms with Crippen LogP contribution in [0.15, 0.2) is 170 Å². The molecule has 0 bridgehead atoms. The molecule has 0 amide bonds. The molecule has 0 radical (unpaired) electrons. The molecule has 0 saturated heterocycles. The van der Waals surface area contributed by atoms with Crippen LogP contribution in [0.2, 0.25) is 0 Å². The fourth-order valence-corrected chi connectivity index (χ4v) is 11.5. The number of carbonyl (C=O) groups excluding carboxylic acids is 2. The molecule has 0 aliphatic carbocycles. The van der Waals surface area contributed by atoms with Gasteiger partial charge in [-0.05, 0) is 128 Å². The van der Waals surface area contributed by atoms with Crippen molar-refractivity contribution in [1.82, 2.24) is 0 Å². The van der Waals surface area contributed by atoms with E-state index in [1.807, 2.05) is 21.1 Å². The summed E-state index contributed by atoms with van der Waals surface area (Å²) in [5.74, 6) is -0.834. The first kappa shape index (κ1) is 93.4. The van der Waals surface area contributed by atoms with Crippen molar-refractivity contribution in [1.29, 1.82) is 0 Å². The lowest BCUT2D eigenvalue weighted by Gasteiger charge is -2.28. The number of hydrogen-bond donors (Lipinski definition) is 0. The topological polar surface area (TPSA) is 111 Å². The molecule has 0 spiro atoms. The Labute approximate surface area is 604 Å². The van der Waals surface area contributed by atoms with Gasteiger partial charge in [0.25, 0.3) is 7.82 Å². The minimum atomic E-state index is -4.66. The summed E-state index contributed by atoms with van der Waals surface area (Å²) in [5.41, 5.74) is 0. The number of phosphoric acid groups is 1. The van der Waals surface area contributed by atoms with Gasteiger partial charge in [0.1, 0.15) is 19.8 Å². The fourth-order valence-electron chi connectivity index (χ4n) is 10.7. The highest BCUT2D eigenvalue weighted by molar-refractivity contribution is 7.45. The lowest BCUT2D eigenvalue weighted by atomic mass is 10.0. The largest absolute Gasteiger partial charge is 0.756 e. The van der Waals surface area contributed by atoms with Crippen LogP contribution in [0.3, 0.4) is 0 Å². The summed E-state index contributed by atoms with van der Waals surface area (Å²) in [5, 5.41) is 0. The van der Waals surface area contributed by atoms with E-state index in [4.69, 9.17) is 18.5 Å². The van der Waals surface area contributed by atoms with Crippen LogP contribution in [0.25, 0.3) is 0 Å². The van der Waals surface area contributed by atoms with E-state index in [2.05, 4.69) is 184 Å². The number of unbranched alkanes of at least 4 members (excludes halogenated alkanes) is 30. The Bertz CT molecular complexity index is 2270. The maximum Gasteiger partial charge on any atom is 0.306 e. The third-order valence-corrected chi connectivity index (χ3v) is 17.7. The molecule has 0 saturated carbocycles. The Kier molecular flexibility index (Phi) is 72.9. The van der Waals surface area contributed by atoms with Crippen molar-refractivity contribution in [3.63, 3.8) is 0 Å². The van der Waals surface area contributed by atoms with Crippen molar-refractivity contribution < 1.29 is 42.1 Å². The molecule has 0 aliphatic rings. The SMILES string of the molecule is CC/C=C\C/C=C\C/C=C\C/C=C\C/C=C\C/C=C\C/C=C\C/C=C\C/C=C\CCCCCCCCCCCCCC(=O)OC(COC(=O)CCCCCCCCCCCCCCCCCCCCC/C=C\C/C=C\C/C=C\C/C=C\C/C=C\CC)COP(=O)([O-])OCC[N+](C)(C)C. The molecule has 0 heterocycles. The summed E-state index contributed by atoms with van der Waals surface area (Å²) in [6.45, 7) is 4.02. The van der Waals surface area contributed by atoms with Gasteiger partial charge in [-0.25, -0.2) is 0 Å². The normalized spacial score (nSPS) is 14.0. The zero-order chi connectivity index (χ0) is 71.1. The summed E-state index contributed by atoms with van der Waals surface area (Å²) >= 11 is 0. The monoisotopic (exact) mass is 1380 g/mol. The van der Waals surface area contributed by atoms with Crippen LogP contribution in [-0.2, 0) is 32.7 Å². The quantitative estimate of drug-likeness (QED) is 0.0195. The lowest BCUT2D eigenvalue weighted by molar-refractivity contribution is -0.870. The van der Waals surface area contributed by atoms with Gasteiger partial charge in [0.2, 0.25) is 0 Å². The Balaban J connectivity index is 4.02. The highest BCUT2D eigenvalue weighted by Crippen LogP contribution is 2.38. The second-order valence-corrected chi connectivity index (χ2v) is 28.7. The van der Waals surface area contributed by atoms with E-state index >= 15 is 0 Å². The van der Waals surface area contributed by atoms with Gasteiger partial charge in [0.15, 0.2) is 6.10 Å². The molecule has 2 atom stereocenters. The first-order valence-corrected chi connectivity index (χ1v) is 41.3. The molecule has 0 aromatic rings. The van der Waals surface area contributed by atoms with Gasteiger partial charge < -0.3 is 27.9 Å². The van der Waals surface area contributed by atoms with E-state index in [1.54, 1.807) is 0 Å². The Morgan fingerprint density at radius 1 is 0.316 bits per heavy atom. The third kappa shape index (κ3) is 80.3. The molecule has 0 aromatic carbocycles. The molecule has 0 fully saturated rings. The van der Waals surface area contributed by atoms with Crippen molar-refractivity contribution in [2.24, 2.45) is 0 Å². The maximum absolute atomic E-state index is 12.9. The number of phosphoric ester groups is 1. The van der Waals surface area contributed by atoms with Crippen LogP contribution < -0.4 is 4.89 Å². The molecule has 98 heavy (non-hydrogen) atoms. The van der Waals surface area contributed by atoms with E-state index in [0.717, 1.165) is 135 Å². The maximum atomic E-state index is 12.9. The number of rotatable bonds is 72. The van der Waals surface area contributed by atoms with Crippen LogP contribution in [-0.4, -0.2) is 70.0 Å². The Hall–Kier alpha value is -4.63. The number of likely N-dealkylation sites (N-methyl/N-ethyl adjacent to an activating group) is 1. The van der Waals surface area contributed by atoms with Gasteiger partial charge >= 0.3 is 11.9 Å². The summed E-state index contributed by atoms with van der Waals surface area (Å²) < 4.78 is 34.4. The van der Waals surface area contributed by atoms with Crippen molar-refractivity contribution in [3.8, 4) is 0 Å². The first-order chi connectivity index (χ1) is 48.0. The van der Waals surface area contributed by atoms with E-state index in [-0.39, 0.29) is 32.0 Å². The summed E-state index contributed by atoms with van der Waals surface area (Å²) in [4.78, 5) is 38.2. The molecule has 0 rings (SSSR count). The number of ether oxygens (including phenoxy) is 2. The number of quaternary nitrogens is 1. The summed E-state index contributed by atoms with van der Waals surface area (Å²) in [7, 11) is 1.16. The van der Waals surface area contributed by atoms with Crippen LogP contribution in [0.1, 0.15) is 322 Å². The Morgan fingerprint density at radius 2 is 0.551 bits per heavy atom. The number of esters is 2. The molecule has 0 aromatic heterocycles. The van der Waals surface area contributed by atoms with Gasteiger partial charge in [-0.1, -0.05) is 351 Å². The zero-order valence-electron chi connectivity index (χ0n) is 63.7. The average molecular weight is 1380 g/mol. The molecule has 0 aliphatic heterocycles. The number of hydrogen-bond acceptors (Lipinski definition) is 8. The second-order valence-electron chi connectivity index (χ2n) is 27.3. The Morgan fingerprint density at radius 3 is 0.816 bits per heavy atom. The van der Waals surface area contributed by atoms with Crippen LogP contribution in [0, 0.1) is 0 Å². The van der Waals surface area contributed by atoms with Crippen LogP contribution in [0.4, 0.5) is 0 Å². The van der Waals surface area contributed by atoms with Crippen molar-refractivity contribution in [2.45, 2.75) is 328 Å². The molecular weight excluding hydrogens is 1230 g/mol. The zero-order valence-corrected chi connectivity index (χ0v) is 64.6. The first-order valence-electron chi connectivity index (χ1n) is 39.8. The number of nitrogens with zero attached hydrogens (tertiary/aromatic N) is 1. The number of allylic oxidation sites excluding steroid dienone is 28. The lowest BCUT2D eigenvalue weighted by Crippen LogP contribution is -2.37. The highest BCUT2D eigenvalue weighted by atomic mass is 31.2. The summed E-state index contributed by atoms with van der Waals surface area (Å²) in [6, 6.07) is 0. The van der Waals surface area contributed by atoms with E-state index in [9.17, 15) is 19.0 Å². The van der Waals surface area contributed by atoms with E-state index < -0.39 is 26.5 Å². The molecule has 10 heteroatoms. The van der Waals surface area contributed by atoms with Gasteiger partial charge in [-0.15, -0.1) is 0 Å². The van der Waals surface area contributed by atoms with Crippen molar-refractivity contribution in [3.05, 3.63) is 170 Å². The second kappa shape index (κ2) is 76.5. The van der Waals surface area contributed by atoms with Gasteiger partial charge in [0, 0.05) is 12.8 Å². The molecular formula is C88H148NO8P. The standard InChI is InChI=1S/C88H148NO8P/c1-6-8-10-12-14-16-18-20-22-24-26-28-30-32-34-36-38-40-42-43-44-45-47-49-51-53-55-57-59-61-63-65-67-69-71-73-75-77-79-81-88(91)97-86(85-96-98(92,93)95-83-82-89(3,4)5)84-94-87(90)80-78-76-74-72-70-68-66-64-62-60-58-56-54-52-50-48-46-41-39-37-35-33-31-29-27-25-23-21-19-17-15-13-11-9-7-2/h8-11,14-17,20-23,26-29,32-35,38,40,43-44,47,49,53,55,86H,6-7,12-13,18-19,24-25,30-31,36-37,39,41-42,45-46,48,50-52,54,56-85H2,1-5H3/b10-8-,11-9-,16-14-,17-15-,22-20-,23-21-,28-26-,29-27-,34-32-,35-33-,40-38-,44-43-,49-47-,55-53-. The van der Waals surface area contributed by atoms with Gasteiger partial charge in [0.05, 0.1) is 27.7 Å². The van der Waals surface area contributed by atoms with Crippen LogP contribution in [0.5, 0.6) is 0 Å². The van der Waals surface area contributed by atoms with Crippen LogP contribution >= 0.6 is 7.82 Å². The minimum Gasteiger partial charge on any atom is -0.756 e. The fraction of sp³-hybridized carbons (Fsp3) is 0.659. The highest BCUT2D eigenvalue weighted by Gasteiger charge is 2.22. The predicted molar refractivity (Wildman–Crippen MR) is 424 cm³/mol. The van der Waals surface area contributed by atoms with E-state index in [1.165, 1.54) is 154 Å². The van der Waals surface area contributed by atoms with Gasteiger partial charge in [-0.2, -0.15) is 0 Å². The molecule has 0 N–H and O–H groups in total. The minimum absolute atomic E-state index is 0.0371. The predicted octanol–water partition coefficient (Wildman–Crippen LogP) is 26.2. The smallest absolute Gasteiger partial charge is 0.306 e. The van der Waals surface area contributed by atoms with Gasteiger partial charge in [-0.3, -0.25) is 14.2 Å². The van der Waals surface area contributed by atoms with E-state index in [0.29, 0.717) is 17.4 Å². The van der Waals surface area contributed by atoms with Crippen molar-refractivity contribution in [2.75, 3.05) is 47.5 Å². The molecule has 2 unspecified atom stereocenters. The molecule has 9 nitrogen and oxygen atoms in total. The summed E-state index contributed by atoms with van der Waals surface area (Å²) in [6.07, 6.45) is 116. The molecule has 558 valence electrons.